The van der Waals surface area contributed by atoms with Gasteiger partial charge >= 0.3 is 0 Å². The second-order valence-corrected chi connectivity index (χ2v) is 5.40. The second-order valence-electron chi connectivity index (χ2n) is 4.54. The van der Waals surface area contributed by atoms with E-state index in [4.69, 9.17) is 10.5 Å². The Labute approximate surface area is 122 Å². The number of benzene rings is 2. The van der Waals surface area contributed by atoms with Gasteiger partial charge in [-0.3, -0.25) is 0 Å². The van der Waals surface area contributed by atoms with E-state index in [1.54, 1.807) is 0 Å². The fourth-order valence-electron chi connectivity index (χ4n) is 1.90. The van der Waals surface area contributed by atoms with Crippen LogP contribution in [0.25, 0.3) is 0 Å². The third-order valence-corrected chi connectivity index (χ3v) is 3.67. The van der Waals surface area contributed by atoms with Crippen LogP contribution in [-0.4, -0.2) is 0 Å². The van der Waals surface area contributed by atoms with Gasteiger partial charge in [-0.1, -0.05) is 31.2 Å². The van der Waals surface area contributed by atoms with Crippen molar-refractivity contribution in [3.8, 4) is 11.5 Å². The van der Waals surface area contributed by atoms with Crippen LogP contribution < -0.4 is 10.5 Å². The molecule has 0 aliphatic heterocycles. The number of halogens is 1. The zero-order chi connectivity index (χ0) is 13.8. The smallest absolute Gasteiger partial charge is 0.141 e. The molecular weight excluding hydrogens is 302 g/mol. The SMILES string of the molecule is CCc1ccccc1Oc1ccc([C@@H](C)N)cc1Br. The quantitative estimate of drug-likeness (QED) is 0.876. The van der Waals surface area contributed by atoms with Gasteiger partial charge in [0.1, 0.15) is 11.5 Å². The summed E-state index contributed by atoms with van der Waals surface area (Å²) >= 11 is 3.54. The molecule has 0 aliphatic carbocycles. The monoisotopic (exact) mass is 319 g/mol. The normalized spacial score (nSPS) is 12.2. The minimum Gasteiger partial charge on any atom is -0.456 e. The molecule has 0 radical (unpaired) electrons. The Morgan fingerprint density at radius 1 is 1.16 bits per heavy atom. The van der Waals surface area contributed by atoms with E-state index in [-0.39, 0.29) is 6.04 Å². The summed E-state index contributed by atoms with van der Waals surface area (Å²) in [5.41, 5.74) is 8.16. The maximum Gasteiger partial charge on any atom is 0.141 e. The molecule has 0 heterocycles. The predicted octanol–water partition coefficient (Wildman–Crippen LogP) is 4.82. The molecule has 2 aromatic carbocycles. The van der Waals surface area contributed by atoms with Crippen LogP contribution in [0.2, 0.25) is 0 Å². The number of ether oxygens (including phenoxy) is 1. The van der Waals surface area contributed by atoms with Crippen molar-refractivity contribution >= 4 is 15.9 Å². The van der Waals surface area contributed by atoms with Gasteiger partial charge in [-0.2, -0.15) is 0 Å². The van der Waals surface area contributed by atoms with Gasteiger partial charge in [-0.05, 0) is 58.6 Å². The van der Waals surface area contributed by atoms with Crippen LogP contribution in [0.4, 0.5) is 0 Å². The molecule has 0 spiro atoms. The van der Waals surface area contributed by atoms with Crippen molar-refractivity contribution in [2.75, 3.05) is 0 Å². The molecule has 0 fully saturated rings. The predicted molar refractivity (Wildman–Crippen MR) is 82.6 cm³/mol. The molecule has 2 N–H and O–H groups in total. The first-order chi connectivity index (χ1) is 9.11. The van der Waals surface area contributed by atoms with Crippen LogP contribution in [0.3, 0.4) is 0 Å². The van der Waals surface area contributed by atoms with Crippen molar-refractivity contribution in [1.29, 1.82) is 0 Å². The van der Waals surface area contributed by atoms with Crippen molar-refractivity contribution in [3.05, 3.63) is 58.1 Å². The molecule has 3 heteroatoms. The summed E-state index contributed by atoms with van der Waals surface area (Å²) in [5.74, 6) is 1.71. The summed E-state index contributed by atoms with van der Waals surface area (Å²) in [6.45, 7) is 4.09. The van der Waals surface area contributed by atoms with E-state index >= 15 is 0 Å². The largest absolute Gasteiger partial charge is 0.456 e. The first kappa shape index (κ1) is 14.1. The molecular formula is C16H18BrNO. The van der Waals surface area contributed by atoms with Crippen molar-refractivity contribution in [2.24, 2.45) is 5.73 Å². The van der Waals surface area contributed by atoms with E-state index < -0.39 is 0 Å². The van der Waals surface area contributed by atoms with Gasteiger partial charge in [0.05, 0.1) is 4.47 Å². The topological polar surface area (TPSA) is 35.2 Å². The summed E-state index contributed by atoms with van der Waals surface area (Å²) < 4.78 is 6.90. The molecule has 0 bridgehead atoms. The first-order valence-corrected chi connectivity index (χ1v) is 7.22. The van der Waals surface area contributed by atoms with Crippen LogP contribution >= 0.6 is 15.9 Å². The number of hydrogen-bond donors (Lipinski definition) is 1. The molecule has 0 saturated heterocycles. The zero-order valence-corrected chi connectivity index (χ0v) is 12.8. The number of hydrogen-bond acceptors (Lipinski definition) is 2. The number of aryl methyl sites for hydroxylation is 1. The molecule has 2 rings (SSSR count). The highest BCUT2D eigenvalue weighted by molar-refractivity contribution is 9.10. The molecule has 0 saturated carbocycles. The van der Waals surface area contributed by atoms with Gasteiger partial charge in [-0.15, -0.1) is 0 Å². The maximum absolute atomic E-state index is 5.98. The van der Waals surface area contributed by atoms with E-state index in [9.17, 15) is 0 Å². The molecule has 1 atom stereocenters. The molecule has 0 amide bonds. The average Bonchev–Trinajstić information content (AvgIpc) is 2.41. The highest BCUT2D eigenvalue weighted by atomic mass is 79.9. The minimum atomic E-state index is 0.0216. The lowest BCUT2D eigenvalue weighted by atomic mass is 10.1. The maximum atomic E-state index is 5.98. The van der Waals surface area contributed by atoms with E-state index in [1.165, 1.54) is 5.56 Å². The summed E-state index contributed by atoms with van der Waals surface area (Å²) in [7, 11) is 0. The lowest BCUT2D eigenvalue weighted by molar-refractivity contribution is 0.473. The number of para-hydroxylation sites is 1. The summed E-state index contributed by atoms with van der Waals surface area (Å²) in [6, 6.07) is 14.1. The standard InChI is InChI=1S/C16H18BrNO/c1-3-12-6-4-5-7-15(12)19-16-9-8-13(11(2)18)10-14(16)17/h4-11H,3,18H2,1-2H3/t11-/m1/s1. The highest BCUT2D eigenvalue weighted by Crippen LogP contribution is 2.33. The van der Waals surface area contributed by atoms with E-state index in [0.29, 0.717) is 0 Å². The van der Waals surface area contributed by atoms with Gasteiger partial charge in [-0.25, -0.2) is 0 Å². The van der Waals surface area contributed by atoms with Gasteiger partial charge in [0.15, 0.2) is 0 Å². The second kappa shape index (κ2) is 6.22. The molecule has 0 aliphatic rings. The Balaban J connectivity index is 2.28. The molecule has 2 nitrogen and oxygen atoms in total. The third kappa shape index (κ3) is 3.37. The Kier molecular flexibility index (Phi) is 4.61. The van der Waals surface area contributed by atoms with Gasteiger partial charge in [0, 0.05) is 6.04 Å². The Morgan fingerprint density at radius 2 is 1.89 bits per heavy atom. The lowest BCUT2D eigenvalue weighted by Crippen LogP contribution is -2.04. The fourth-order valence-corrected chi connectivity index (χ4v) is 2.37. The van der Waals surface area contributed by atoms with Crippen LogP contribution in [0, 0.1) is 0 Å². The zero-order valence-electron chi connectivity index (χ0n) is 11.2. The first-order valence-electron chi connectivity index (χ1n) is 6.42. The van der Waals surface area contributed by atoms with Crippen LogP contribution in [0.5, 0.6) is 11.5 Å². The van der Waals surface area contributed by atoms with E-state index in [2.05, 4.69) is 28.9 Å². The van der Waals surface area contributed by atoms with E-state index in [1.807, 2.05) is 43.3 Å². The Morgan fingerprint density at radius 3 is 2.53 bits per heavy atom. The molecule has 0 aromatic heterocycles. The average molecular weight is 320 g/mol. The molecule has 100 valence electrons. The van der Waals surface area contributed by atoms with Gasteiger partial charge in [0.25, 0.3) is 0 Å². The fraction of sp³-hybridized carbons (Fsp3) is 0.250. The minimum absolute atomic E-state index is 0.0216. The van der Waals surface area contributed by atoms with Crippen LogP contribution in [0.15, 0.2) is 46.9 Å². The highest BCUT2D eigenvalue weighted by Gasteiger charge is 2.08. The Hall–Kier alpha value is -1.32. The summed E-state index contributed by atoms with van der Waals surface area (Å²) in [6.07, 6.45) is 0.950. The van der Waals surface area contributed by atoms with Crippen LogP contribution in [-0.2, 0) is 6.42 Å². The molecule has 2 aromatic rings. The van der Waals surface area contributed by atoms with Crippen molar-refractivity contribution in [2.45, 2.75) is 26.3 Å². The molecule has 0 unspecified atom stereocenters. The summed E-state index contributed by atoms with van der Waals surface area (Å²) in [4.78, 5) is 0. The molecule has 19 heavy (non-hydrogen) atoms. The van der Waals surface area contributed by atoms with Crippen molar-refractivity contribution in [3.63, 3.8) is 0 Å². The van der Waals surface area contributed by atoms with E-state index in [0.717, 1.165) is 28.0 Å². The van der Waals surface area contributed by atoms with Crippen molar-refractivity contribution < 1.29 is 4.74 Å². The van der Waals surface area contributed by atoms with Crippen molar-refractivity contribution in [1.82, 2.24) is 0 Å². The lowest BCUT2D eigenvalue weighted by Gasteiger charge is -2.13. The Bertz CT molecular complexity index is 566. The number of nitrogens with two attached hydrogens (primary N) is 1. The number of rotatable bonds is 4. The van der Waals surface area contributed by atoms with Gasteiger partial charge in [0.2, 0.25) is 0 Å². The van der Waals surface area contributed by atoms with Gasteiger partial charge < -0.3 is 10.5 Å². The third-order valence-electron chi connectivity index (χ3n) is 3.06. The summed E-state index contributed by atoms with van der Waals surface area (Å²) in [5, 5.41) is 0. The van der Waals surface area contributed by atoms with Crippen LogP contribution in [0.1, 0.15) is 31.0 Å².